The minimum atomic E-state index is -0.412. The SMILES string of the molecule is CN(C)c1ccc(C(NN)c2ccccc2F)cn1. The molecule has 0 bridgehead atoms. The average Bonchev–Trinajstić information content (AvgIpc) is 2.42. The monoisotopic (exact) mass is 260 g/mol. The first kappa shape index (κ1) is 13.5. The van der Waals surface area contributed by atoms with Crippen LogP contribution < -0.4 is 16.2 Å². The largest absolute Gasteiger partial charge is 0.363 e. The number of pyridine rings is 1. The molecule has 1 aromatic carbocycles. The molecule has 1 unspecified atom stereocenters. The molecule has 0 aliphatic rings. The van der Waals surface area contributed by atoms with Gasteiger partial charge in [0.25, 0.3) is 0 Å². The van der Waals surface area contributed by atoms with Crippen molar-refractivity contribution in [2.75, 3.05) is 19.0 Å². The Hall–Kier alpha value is -1.98. The molecule has 1 atom stereocenters. The van der Waals surface area contributed by atoms with E-state index in [1.54, 1.807) is 24.4 Å². The van der Waals surface area contributed by atoms with Crippen LogP contribution in [-0.2, 0) is 0 Å². The summed E-state index contributed by atoms with van der Waals surface area (Å²) in [5.41, 5.74) is 3.95. The third kappa shape index (κ3) is 2.89. The van der Waals surface area contributed by atoms with E-state index in [0.29, 0.717) is 5.56 Å². The number of nitrogens with one attached hydrogen (secondary N) is 1. The molecule has 5 heteroatoms. The fourth-order valence-corrected chi connectivity index (χ4v) is 1.91. The first-order valence-electron chi connectivity index (χ1n) is 5.97. The summed E-state index contributed by atoms with van der Waals surface area (Å²) >= 11 is 0. The molecule has 2 rings (SSSR count). The molecular formula is C14H17FN4. The molecule has 0 radical (unpaired) electrons. The number of nitrogens with two attached hydrogens (primary N) is 1. The van der Waals surface area contributed by atoms with Crippen molar-refractivity contribution in [2.45, 2.75) is 6.04 Å². The molecule has 0 saturated heterocycles. The number of hydrogen-bond acceptors (Lipinski definition) is 4. The zero-order valence-corrected chi connectivity index (χ0v) is 11.0. The predicted octanol–water partition coefficient (Wildman–Crippen LogP) is 1.84. The van der Waals surface area contributed by atoms with Crippen LogP contribution in [-0.4, -0.2) is 19.1 Å². The van der Waals surface area contributed by atoms with Gasteiger partial charge in [0.2, 0.25) is 0 Å². The van der Waals surface area contributed by atoms with Crippen LogP contribution in [0.1, 0.15) is 17.2 Å². The normalized spacial score (nSPS) is 12.2. The van der Waals surface area contributed by atoms with E-state index in [1.807, 2.05) is 31.1 Å². The molecule has 1 heterocycles. The van der Waals surface area contributed by atoms with E-state index < -0.39 is 6.04 Å². The van der Waals surface area contributed by atoms with E-state index in [0.717, 1.165) is 11.4 Å². The molecule has 0 saturated carbocycles. The minimum absolute atomic E-state index is 0.290. The molecule has 0 fully saturated rings. The highest BCUT2D eigenvalue weighted by molar-refractivity contribution is 5.40. The second kappa shape index (κ2) is 5.77. The second-order valence-corrected chi connectivity index (χ2v) is 4.47. The van der Waals surface area contributed by atoms with Gasteiger partial charge in [0, 0.05) is 25.9 Å². The van der Waals surface area contributed by atoms with Crippen LogP contribution >= 0.6 is 0 Å². The summed E-state index contributed by atoms with van der Waals surface area (Å²) in [6, 6.07) is 9.91. The van der Waals surface area contributed by atoms with Crippen molar-refractivity contribution in [1.29, 1.82) is 0 Å². The summed E-state index contributed by atoms with van der Waals surface area (Å²) in [6.07, 6.45) is 1.70. The smallest absolute Gasteiger partial charge is 0.128 e. The van der Waals surface area contributed by atoms with Crippen LogP contribution in [0.25, 0.3) is 0 Å². The van der Waals surface area contributed by atoms with Crippen molar-refractivity contribution < 1.29 is 4.39 Å². The summed E-state index contributed by atoms with van der Waals surface area (Å²) in [4.78, 5) is 6.21. The first-order valence-corrected chi connectivity index (χ1v) is 5.97. The van der Waals surface area contributed by atoms with Gasteiger partial charge < -0.3 is 4.90 Å². The Morgan fingerprint density at radius 2 is 1.95 bits per heavy atom. The van der Waals surface area contributed by atoms with Gasteiger partial charge in [-0.05, 0) is 17.7 Å². The van der Waals surface area contributed by atoms with E-state index >= 15 is 0 Å². The number of aromatic nitrogens is 1. The highest BCUT2D eigenvalue weighted by atomic mass is 19.1. The average molecular weight is 260 g/mol. The molecular weight excluding hydrogens is 243 g/mol. The Kier molecular flexibility index (Phi) is 4.09. The molecule has 19 heavy (non-hydrogen) atoms. The van der Waals surface area contributed by atoms with E-state index in [9.17, 15) is 4.39 Å². The third-order valence-corrected chi connectivity index (χ3v) is 2.95. The molecule has 0 amide bonds. The summed E-state index contributed by atoms with van der Waals surface area (Å²) < 4.78 is 13.8. The number of anilines is 1. The van der Waals surface area contributed by atoms with Crippen LogP contribution in [0.15, 0.2) is 42.6 Å². The minimum Gasteiger partial charge on any atom is -0.363 e. The summed E-state index contributed by atoms with van der Waals surface area (Å²) in [5, 5.41) is 0. The Morgan fingerprint density at radius 3 is 2.47 bits per heavy atom. The Labute approximate surface area is 112 Å². The quantitative estimate of drug-likeness (QED) is 0.650. The van der Waals surface area contributed by atoms with Crippen LogP contribution in [0.2, 0.25) is 0 Å². The molecule has 0 spiro atoms. The van der Waals surface area contributed by atoms with Gasteiger partial charge in [-0.15, -0.1) is 0 Å². The van der Waals surface area contributed by atoms with Crippen molar-refractivity contribution >= 4 is 5.82 Å². The predicted molar refractivity (Wildman–Crippen MR) is 74.1 cm³/mol. The van der Waals surface area contributed by atoms with Crippen molar-refractivity contribution in [3.63, 3.8) is 0 Å². The highest BCUT2D eigenvalue weighted by Crippen LogP contribution is 2.24. The van der Waals surface area contributed by atoms with Crippen molar-refractivity contribution in [1.82, 2.24) is 10.4 Å². The standard InChI is InChI=1S/C14H17FN4/c1-19(2)13-8-7-10(9-17-13)14(18-16)11-5-3-4-6-12(11)15/h3-9,14,18H,16H2,1-2H3. The highest BCUT2D eigenvalue weighted by Gasteiger charge is 2.16. The van der Waals surface area contributed by atoms with Crippen LogP contribution in [0.3, 0.4) is 0 Å². The van der Waals surface area contributed by atoms with Gasteiger partial charge in [0.1, 0.15) is 11.6 Å². The van der Waals surface area contributed by atoms with Gasteiger partial charge in [-0.25, -0.2) is 14.8 Å². The third-order valence-electron chi connectivity index (χ3n) is 2.95. The Balaban J connectivity index is 2.35. The molecule has 3 N–H and O–H groups in total. The zero-order valence-electron chi connectivity index (χ0n) is 11.0. The number of rotatable bonds is 4. The molecule has 0 aliphatic heterocycles. The Morgan fingerprint density at radius 1 is 1.21 bits per heavy atom. The second-order valence-electron chi connectivity index (χ2n) is 4.47. The number of hydrogen-bond donors (Lipinski definition) is 2. The molecule has 0 aliphatic carbocycles. The van der Waals surface area contributed by atoms with Gasteiger partial charge in [0.05, 0.1) is 6.04 Å². The van der Waals surface area contributed by atoms with E-state index in [2.05, 4.69) is 10.4 Å². The lowest BCUT2D eigenvalue weighted by molar-refractivity contribution is 0.559. The topological polar surface area (TPSA) is 54.2 Å². The van der Waals surface area contributed by atoms with Crippen molar-refractivity contribution in [2.24, 2.45) is 5.84 Å². The fourth-order valence-electron chi connectivity index (χ4n) is 1.91. The Bertz CT molecular complexity index is 539. The maximum Gasteiger partial charge on any atom is 0.128 e. The van der Waals surface area contributed by atoms with Gasteiger partial charge in [-0.2, -0.15) is 0 Å². The van der Waals surface area contributed by atoms with E-state index in [1.165, 1.54) is 6.07 Å². The first-order chi connectivity index (χ1) is 9.13. The maximum atomic E-state index is 13.8. The van der Waals surface area contributed by atoms with Crippen molar-refractivity contribution in [3.8, 4) is 0 Å². The number of halogens is 1. The van der Waals surface area contributed by atoms with Crippen molar-refractivity contribution in [3.05, 3.63) is 59.5 Å². The lowest BCUT2D eigenvalue weighted by atomic mass is 10.0. The van der Waals surface area contributed by atoms with Gasteiger partial charge in [-0.1, -0.05) is 24.3 Å². The molecule has 4 nitrogen and oxygen atoms in total. The summed E-state index contributed by atoms with van der Waals surface area (Å²) in [6.45, 7) is 0. The van der Waals surface area contributed by atoms with Crippen LogP contribution in [0.4, 0.5) is 10.2 Å². The molecule has 100 valence electrons. The van der Waals surface area contributed by atoms with E-state index in [4.69, 9.17) is 5.84 Å². The van der Waals surface area contributed by atoms with Crippen LogP contribution in [0, 0.1) is 5.82 Å². The van der Waals surface area contributed by atoms with Gasteiger partial charge in [0.15, 0.2) is 0 Å². The fraction of sp³-hybridized carbons (Fsp3) is 0.214. The lowest BCUT2D eigenvalue weighted by Crippen LogP contribution is -2.29. The maximum absolute atomic E-state index is 13.8. The molecule has 2 aromatic rings. The van der Waals surface area contributed by atoms with Gasteiger partial charge in [-0.3, -0.25) is 5.84 Å². The number of benzene rings is 1. The summed E-state index contributed by atoms with van der Waals surface area (Å²) in [7, 11) is 3.83. The number of nitrogens with zero attached hydrogens (tertiary/aromatic N) is 2. The van der Waals surface area contributed by atoms with Gasteiger partial charge >= 0.3 is 0 Å². The number of hydrazine groups is 1. The van der Waals surface area contributed by atoms with Crippen LogP contribution in [0.5, 0.6) is 0 Å². The molecule has 1 aromatic heterocycles. The zero-order chi connectivity index (χ0) is 13.8. The lowest BCUT2D eigenvalue weighted by Gasteiger charge is -2.18. The summed E-state index contributed by atoms with van der Waals surface area (Å²) in [5.74, 6) is 6.10. The van der Waals surface area contributed by atoms with E-state index in [-0.39, 0.29) is 5.82 Å².